The summed E-state index contributed by atoms with van der Waals surface area (Å²) in [5, 5.41) is 2.67. The number of nitrogens with one attached hydrogen (secondary N) is 1. The number of hydrogen-bond acceptors (Lipinski definition) is 7. The van der Waals surface area contributed by atoms with Crippen molar-refractivity contribution in [1.82, 2.24) is 5.32 Å². The maximum Gasteiger partial charge on any atom is 0.306 e. The number of carbonyl (C=O) groups excluding carboxylic acids is 3. The first-order chi connectivity index (χ1) is 16.0. The van der Waals surface area contributed by atoms with E-state index in [1.165, 1.54) is 0 Å². The molecule has 1 N–H and O–H groups in total. The summed E-state index contributed by atoms with van der Waals surface area (Å²) in [4.78, 5) is 36.1. The van der Waals surface area contributed by atoms with Crippen LogP contribution < -0.4 is 19.5 Å². The van der Waals surface area contributed by atoms with E-state index in [2.05, 4.69) is 12.2 Å². The summed E-state index contributed by atoms with van der Waals surface area (Å²) in [7, 11) is 0. The van der Waals surface area contributed by atoms with Crippen molar-refractivity contribution in [2.75, 3.05) is 20.0 Å². The molecule has 0 spiro atoms. The second kappa shape index (κ2) is 12.5. The van der Waals surface area contributed by atoms with Gasteiger partial charge in [-0.25, -0.2) is 0 Å². The maximum absolute atomic E-state index is 12.3. The average molecular weight is 456 g/mol. The highest BCUT2D eigenvalue weighted by atomic mass is 16.7. The third-order valence-electron chi connectivity index (χ3n) is 5.04. The summed E-state index contributed by atoms with van der Waals surface area (Å²) < 4.78 is 21.1. The predicted molar refractivity (Wildman–Crippen MR) is 120 cm³/mol. The van der Waals surface area contributed by atoms with Crippen LogP contribution in [-0.2, 0) is 20.9 Å². The van der Waals surface area contributed by atoms with Crippen molar-refractivity contribution in [2.24, 2.45) is 0 Å². The Hall–Kier alpha value is -3.55. The molecule has 1 aliphatic heterocycles. The molecule has 0 aromatic heterocycles. The Labute approximate surface area is 193 Å². The molecule has 0 atom stereocenters. The van der Waals surface area contributed by atoms with Gasteiger partial charge in [-0.3, -0.25) is 14.4 Å². The zero-order chi connectivity index (χ0) is 23.5. The summed E-state index contributed by atoms with van der Waals surface area (Å²) >= 11 is 0. The lowest BCUT2D eigenvalue weighted by molar-refractivity contribution is -0.148. The molecular weight excluding hydrogens is 426 g/mol. The SMILES string of the molecule is CCCCCOc1ccc(C(=O)CCC(=O)OCC(=O)NCc2ccc3c(c2)OCO3)cc1. The summed E-state index contributed by atoms with van der Waals surface area (Å²) in [6.45, 7) is 2.83. The van der Waals surface area contributed by atoms with E-state index in [1.807, 2.05) is 6.07 Å². The van der Waals surface area contributed by atoms with E-state index in [1.54, 1.807) is 36.4 Å². The number of benzene rings is 2. The van der Waals surface area contributed by atoms with Crippen LogP contribution in [0.4, 0.5) is 0 Å². The molecule has 0 fully saturated rings. The molecule has 0 saturated carbocycles. The van der Waals surface area contributed by atoms with Gasteiger partial charge < -0.3 is 24.3 Å². The zero-order valence-corrected chi connectivity index (χ0v) is 18.8. The van der Waals surface area contributed by atoms with Crippen molar-refractivity contribution >= 4 is 17.7 Å². The predicted octanol–water partition coefficient (Wildman–Crippen LogP) is 3.81. The molecule has 3 rings (SSSR count). The molecule has 0 aliphatic carbocycles. The van der Waals surface area contributed by atoms with Gasteiger partial charge in [0.05, 0.1) is 13.0 Å². The summed E-state index contributed by atoms with van der Waals surface area (Å²) in [5.74, 6) is 0.817. The van der Waals surface area contributed by atoms with Crippen LogP contribution in [0.1, 0.15) is 54.9 Å². The number of ether oxygens (including phenoxy) is 4. The molecule has 1 aliphatic rings. The van der Waals surface area contributed by atoms with E-state index in [4.69, 9.17) is 18.9 Å². The highest BCUT2D eigenvalue weighted by molar-refractivity contribution is 5.97. The summed E-state index contributed by atoms with van der Waals surface area (Å²) in [6, 6.07) is 12.2. The number of rotatable bonds is 13. The van der Waals surface area contributed by atoms with E-state index in [9.17, 15) is 14.4 Å². The van der Waals surface area contributed by atoms with Crippen LogP contribution in [-0.4, -0.2) is 37.7 Å². The standard InChI is InChI=1S/C25H29NO7/c1-2-3-4-13-30-20-8-6-19(7-9-20)21(27)10-12-25(29)31-16-24(28)26-15-18-5-11-22-23(14-18)33-17-32-22/h5-9,11,14H,2-4,10,12-13,15-17H2,1H3,(H,26,28). The lowest BCUT2D eigenvalue weighted by Crippen LogP contribution is -2.28. The van der Waals surface area contributed by atoms with Gasteiger partial charge in [0.2, 0.25) is 6.79 Å². The van der Waals surface area contributed by atoms with Gasteiger partial charge in [-0.2, -0.15) is 0 Å². The molecule has 0 saturated heterocycles. The van der Waals surface area contributed by atoms with E-state index in [-0.39, 0.29) is 32.0 Å². The maximum atomic E-state index is 12.3. The fraction of sp³-hybridized carbons (Fsp3) is 0.400. The Kier molecular flexibility index (Phi) is 9.11. The molecule has 0 radical (unpaired) electrons. The minimum absolute atomic E-state index is 0.00829. The van der Waals surface area contributed by atoms with Crippen molar-refractivity contribution in [3.63, 3.8) is 0 Å². The van der Waals surface area contributed by atoms with Crippen LogP contribution in [0.3, 0.4) is 0 Å². The van der Waals surface area contributed by atoms with Gasteiger partial charge in [0.25, 0.3) is 5.91 Å². The third-order valence-corrected chi connectivity index (χ3v) is 5.04. The minimum atomic E-state index is -0.600. The average Bonchev–Trinajstić information content (AvgIpc) is 3.31. The number of Topliss-reactive ketones (excluding diaryl/α,β-unsaturated/α-hetero) is 1. The molecule has 1 heterocycles. The largest absolute Gasteiger partial charge is 0.494 e. The monoisotopic (exact) mass is 455 g/mol. The molecule has 8 nitrogen and oxygen atoms in total. The van der Waals surface area contributed by atoms with Crippen LogP contribution in [0.15, 0.2) is 42.5 Å². The first kappa shape index (κ1) is 24.1. The number of ketones is 1. The fourth-order valence-corrected chi connectivity index (χ4v) is 3.16. The zero-order valence-electron chi connectivity index (χ0n) is 18.8. The Morgan fingerprint density at radius 2 is 1.76 bits per heavy atom. The molecule has 1 amide bonds. The van der Waals surface area contributed by atoms with Crippen molar-refractivity contribution in [1.29, 1.82) is 0 Å². The molecule has 8 heteroatoms. The van der Waals surface area contributed by atoms with Gasteiger partial charge in [-0.1, -0.05) is 25.8 Å². The lowest BCUT2D eigenvalue weighted by atomic mass is 10.1. The molecule has 33 heavy (non-hydrogen) atoms. The van der Waals surface area contributed by atoms with E-state index in [0.29, 0.717) is 29.4 Å². The fourth-order valence-electron chi connectivity index (χ4n) is 3.16. The highest BCUT2D eigenvalue weighted by Crippen LogP contribution is 2.32. The molecule has 0 unspecified atom stereocenters. The van der Waals surface area contributed by atoms with Crippen molar-refractivity contribution in [3.05, 3.63) is 53.6 Å². The second-order valence-electron chi connectivity index (χ2n) is 7.63. The number of fused-ring (bicyclic) bond motifs is 1. The quantitative estimate of drug-likeness (QED) is 0.278. The van der Waals surface area contributed by atoms with Gasteiger partial charge in [-0.05, 0) is 48.4 Å². The number of carbonyl (C=O) groups is 3. The van der Waals surface area contributed by atoms with E-state index >= 15 is 0 Å². The van der Waals surface area contributed by atoms with Crippen LogP contribution in [0, 0.1) is 0 Å². The van der Waals surface area contributed by atoms with Gasteiger partial charge in [-0.15, -0.1) is 0 Å². The van der Waals surface area contributed by atoms with Crippen molar-refractivity contribution < 1.29 is 33.3 Å². The van der Waals surface area contributed by atoms with Gasteiger partial charge >= 0.3 is 5.97 Å². The summed E-state index contributed by atoms with van der Waals surface area (Å²) in [5.41, 5.74) is 1.34. The van der Waals surface area contributed by atoms with Crippen molar-refractivity contribution in [3.8, 4) is 17.2 Å². The minimum Gasteiger partial charge on any atom is -0.494 e. The van der Waals surface area contributed by atoms with Crippen LogP contribution in [0.25, 0.3) is 0 Å². The molecule has 176 valence electrons. The van der Waals surface area contributed by atoms with Gasteiger partial charge in [0.15, 0.2) is 23.9 Å². The molecule has 0 bridgehead atoms. The summed E-state index contributed by atoms with van der Waals surface area (Å²) in [6.07, 6.45) is 3.16. The van der Waals surface area contributed by atoms with E-state index < -0.39 is 18.5 Å². The number of amides is 1. The van der Waals surface area contributed by atoms with E-state index in [0.717, 1.165) is 24.8 Å². The van der Waals surface area contributed by atoms with Crippen LogP contribution in [0.2, 0.25) is 0 Å². The van der Waals surface area contributed by atoms with Gasteiger partial charge in [0.1, 0.15) is 5.75 Å². The third kappa shape index (κ3) is 7.82. The smallest absolute Gasteiger partial charge is 0.306 e. The first-order valence-corrected chi connectivity index (χ1v) is 11.1. The topological polar surface area (TPSA) is 100 Å². The first-order valence-electron chi connectivity index (χ1n) is 11.1. The lowest BCUT2D eigenvalue weighted by Gasteiger charge is -2.08. The normalized spacial score (nSPS) is 11.7. The number of esters is 1. The Morgan fingerprint density at radius 3 is 2.55 bits per heavy atom. The highest BCUT2D eigenvalue weighted by Gasteiger charge is 2.15. The molecular formula is C25H29NO7. The van der Waals surface area contributed by atoms with Gasteiger partial charge in [0, 0.05) is 18.5 Å². The molecule has 2 aromatic rings. The Balaban J connectivity index is 1.31. The van der Waals surface area contributed by atoms with Crippen LogP contribution >= 0.6 is 0 Å². The number of hydrogen-bond donors (Lipinski definition) is 1. The Bertz CT molecular complexity index is 956. The number of unbranched alkanes of at least 4 members (excludes halogenated alkanes) is 2. The second-order valence-corrected chi connectivity index (χ2v) is 7.63. The molecule has 2 aromatic carbocycles. The van der Waals surface area contributed by atoms with Crippen LogP contribution in [0.5, 0.6) is 17.2 Å². The van der Waals surface area contributed by atoms with Crippen molar-refractivity contribution in [2.45, 2.75) is 45.6 Å². The Morgan fingerprint density at radius 1 is 0.970 bits per heavy atom.